The van der Waals surface area contributed by atoms with E-state index in [1.54, 1.807) is 6.07 Å². The average molecular weight is 260 g/mol. The van der Waals surface area contributed by atoms with E-state index in [2.05, 4.69) is 5.32 Å². The molecular formula is C15H17FN2O. The molecule has 0 aliphatic carbocycles. The maximum absolute atomic E-state index is 13.3. The van der Waals surface area contributed by atoms with E-state index in [9.17, 15) is 4.39 Å². The molecule has 0 radical (unpaired) electrons. The molecule has 2 aromatic rings. The highest BCUT2D eigenvalue weighted by atomic mass is 19.1. The Hall–Kier alpha value is -2.23. The Balaban J connectivity index is 2.33. The van der Waals surface area contributed by atoms with Crippen LogP contribution in [0.5, 0.6) is 5.75 Å². The first kappa shape index (κ1) is 13.2. The van der Waals surface area contributed by atoms with Gasteiger partial charge in [0.25, 0.3) is 0 Å². The second kappa shape index (κ2) is 5.61. The van der Waals surface area contributed by atoms with Gasteiger partial charge in [0.2, 0.25) is 0 Å². The number of rotatable bonds is 4. The number of benzene rings is 2. The number of hydrogen-bond donors (Lipinski definition) is 2. The van der Waals surface area contributed by atoms with Gasteiger partial charge in [-0.1, -0.05) is 12.1 Å². The molecule has 2 rings (SSSR count). The van der Waals surface area contributed by atoms with Gasteiger partial charge in [-0.2, -0.15) is 0 Å². The normalized spacial score (nSPS) is 10.3. The third-order valence-electron chi connectivity index (χ3n) is 2.83. The lowest BCUT2D eigenvalue weighted by atomic mass is 10.1. The van der Waals surface area contributed by atoms with Crippen LogP contribution in [-0.2, 0) is 0 Å². The molecule has 3 N–H and O–H groups in total. The smallest absolute Gasteiger partial charge is 0.144 e. The maximum atomic E-state index is 13.3. The first-order chi connectivity index (χ1) is 9.11. The fraction of sp³-hybridized carbons (Fsp3) is 0.200. The SMILES string of the molecule is CCOc1cccc(Nc2cc(F)ccc2C)c1N. The number of aryl methyl sites for hydroxylation is 1. The number of nitrogens with two attached hydrogens (primary N) is 1. The summed E-state index contributed by atoms with van der Waals surface area (Å²) in [6.07, 6.45) is 0. The van der Waals surface area contributed by atoms with Crippen LogP contribution < -0.4 is 15.8 Å². The minimum Gasteiger partial charge on any atom is -0.492 e. The van der Waals surface area contributed by atoms with E-state index in [1.807, 2.05) is 32.0 Å². The number of nitrogen functional groups attached to an aromatic ring is 1. The number of para-hydroxylation sites is 1. The van der Waals surface area contributed by atoms with Crippen molar-refractivity contribution in [2.75, 3.05) is 17.7 Å². The first-order valence-electron chi connectivity index (χ1n) is 6.16. The summed E-state index contributed by atoms with van der Waals surface area (Å²) in [5, 5.41) is 3.14. The van der Waals surface area contributed by atoms with Crippen LogP contribution in [0.15, 0.2) is 36.4 Å². The summed E-state index contributed by atoms with van der Waals surface area (Å²) in [6, 6.07) is 10.1. The molecule has 0 fully saturated rings. The number of hydrogen-bond acceptors (Lipinski definition) is 3. The molecule has 0 unspecified atom stereocenters. The standard InChI is InChI=1S/C15H17FN2O/c1-3-19-14-6-4-5-12(15(14)17)18-13-9-11(16)8-7-10(13)2/h4-9,18H,3,17H2,1-2H3. The summed E-state index contributed by atoms with van der Waals surface area (Å²) in [6.45, 7) is 4.35. The summed E-state index contributed by atoms with van der Waals surface area (Å²) < 4.78 is 18.7. The molecule has 0 heterocycles. The van der Waals surface area contributed by atoms with Crippen LogP contribution in [0.3, 0.4) is 0 Å². The van der Waals surface area contributed by atoms with E-state index in [-0.39, 0.29) is 5.82 Å². The topological polar surface area (TPSA) is 47.3 Å². The number of ether oxygens (including phenoxy) is 1. The first-order valence-corrected chi connectivity index (χ1v) is 6.16. The van der Waals surface area contributed by atoms with Crippen molar-refractivity contribution in [1.82, 2.24) is 0 Å². The molecule has 2 aromatic carbocycles. The molecule has 4 heteroatoms. The van der Waals surface area contributed by atoms with Gasteiger partial charge >= 0.3 is 0 Å². The van der Waals surface area contributed by atoms with E-state index < -0.39 is 0 Å². The van der Waals surface area contributed by atoms with Gasteiger partial charge in [-0.05, 0) is 43.7 Å². The summed E-state index contributed by atoms with van der Waals surface area (Å²) in [7, 11) is 0. The fourth-order valence-electron chi connectivity index (χ4n) is 1.81. The molecule has 0 spiro atoms. The molecule has 0 bridgehead atoms. The highest BCUT2D eigenvalue weighted by molar-refractivity contribution is 5.78. The molecule has 0 aliphatic heterocycles. The molecular weight excluding hydrogens is 243 g/mol. The van der Waals surface area contributed by atoms with Crippen molar-refractivity contribution in [2.45, 2.75) is 13.8 Å². The zero-order valence-electron chi connectivity index (χ0n) is 11.0. The highest BCUT2D eigenvalue weighted by Crippen LogP contribution is 2.32. The summed E-state index contributed by atoms with van der Waals surface area (Å²) in [4.78, 5) is 0. The quantitative estimate of drug-likeness (QED) is 0.821. The number of anilines is 3. The van der Waals surface area contributed by atoms with Gasteiger partial charge in [0.05, 0.1) is 18.0 Å². The minimum atomic E-state index is -0.285. The van der Waals surface area contributed by atoms with E-state index in [4.69, 9.17) is 10.5 Å². The van der Waals surface area contributed by atoms with Crippen molar-refractivity contribution < 1.29 is 9.13 Å². The van der Waals surface area contributed by atoms with Crippen molar-refractivity contribution in [3.8, 4) is 5.75 Å². The van der Waals surface area contributed by atoms with Gasteiger partial charge in [0.15, 0.2) is 0 Å². The van der Waals surface area contributed by atoms with E-state index in [0.29, 0.717) is 29.4 Å². The van der Waals surface area contributed by atoms with Gasteiger partial charge in [-0.25, -0.2) is 4.39 Å². The third-order valence-corrected chi connectivity index (χ3v) is 2.83. The van der Waals surface area contributed by atoms with Crippen molar-refractivity contribution >= 4 is 17.1 Å². The van der Waals surface area contributed by atoms with Crippen molar-refractivity contribution in [2.24, 2.45) is 0 Å². The van der Waals surface area contributed by atoms with Crippen LogP contribution in [0.4, 0.5) is 21.5 Å². The van der Waals surface area contributed by atoms with E-state index >= 15 is 0 Å². The average Bonchev–Trinajstić information content (AvgIpc) is 2.39. The summed E-state index contributed by atoms with van der Waals surface area (Å²) >= 11 is 0. The molecule has 0 saturated carbocycles. The largest absolute Gasteiger partial charge is 0.492 e. The lowest BCUT2D eigenvalue weighted by Gasteiger charge is -2.14. The molecule has 0 saturated heterocycles. The lowest BCUT2D eigenvalue weighted by molar-refractivity contribution is 0.342. The predicted molar refractivity (Wildman–Crippen MR) is 76.4 cm³/mol. The number of nitrogens with one attached hydrogen (secondary N) is 1. The Bertz CT molecular complexity index is 584. The van der Waals surface area contributed by atoms with Gasteiger partial charge in [0.1, 0.15) is 11.6 Å². The van der Waals surface area contributed by atoms with Crippen LogP contribution in [0.2, 0.25) is 0 Å². The van der Waals surface area contributed by atoms with E-state index in [1.165, 1.54) is 12.1 Å². The molecule has 3 nitrogen and oxygen atoms in total. The third kappa shape index (κ3) is 2.96. The Morgan fingerprint density at radius 1 is 1.21 bits per heavy atom. The molecule has 0 amide bonds. The molecule has 0 aromatic heterocycles. The number of halogens is 1. The summed E-state index contributed by atoms with van der Waals surface area (Å²) in [5.74, 6) is 0.342. The van der Waals surface area contributed by atoms with Crippen molar-refractivity contribution in [1.29, 1.82) is 0 Å². The highest BCUT2D eigenvalue weighted by Gasteiger charge is 2.07. The van der Waals surface area contributed by atoms with Crippen LogP contribution >= 0.6 is 0 Å². The monoisotopic (exact) mass is 260 g/mol. The maximum Gasteiger partial charge on any atom is 0.144 e. The predicted octanol–water partition coefficient (Wildman–Crippen LogP) is 3.86. The van der Waals surface area contributed by atoms with Crippen molar-refractivity contribution in [3.63, 3.8) is 0 Å². The Kier molecular flexibility index (Phi) is 3.90. The van der Waals surface area contributed by atoms with Gasteiger partial charge in [-0.3, -0.25) is 0 Å². The van der Waals surface area contributed by atoms with Crippen LogP contribution in [0.1, 0.15) is 12.5 Å². The van der Waals surface area contributed by atoms with E-state index in [0.717, 1.165) is 5.56 Å². The van der Waals surface area contributed by atoms with Crippen molar-refractivity contribution in [3.05, 3.63) is 47.8 Å². The van der Waals surface area contributed by atoms with Gasteiger partial charge in [0, 0.05) is 5.69 Å². The zero-order valence-corrected chi connectivity index (χ0v) is 11.0. The molecule has 0 atom stereocenters. The molecule has 100 valence electrons. The second-order valence-electron chi connectivity index (χ2n) is 4.23. The lowest BCUT2D eigenvalue weighted by Crippen LogP contribution is -2.02. The Morgan fingerprint density at radius 2 is 2.00 bits per heavy atom. The minimum absolute atomic E-state index is 0.285. The second-order valence-corrected chi connectivity index (χ2v) is 4.23. The van der Waals surface area contributed by atoms with Gasteiger partial charge < -0.3 is 15.8 Å². The van der Waals surface area contributed by atoms with Crippen LogP contribution in [0, 0.1) is 12.7 Å². The molecule has 19 heavy (non-hydrogen) atoms. The molecule has 0 aliphatic rings. The van der Waals surface area contributed by atoms with Crippen LogP contribution in [-0.4, -0.2) is 6.61 Å². The van der Waals surface area contributed by atoms with Gasteiger partial charge in [-0.15, -0.1) is 0 Å². The zero-order chi connectivity index (χ0) is 13.8. The Labute approximate surface area is 112 Å². The van der Waals surface area contributed by atoms with Crippen LogP contribution in [0.25, 0.3) is 0 Å². The summed E-state index contributed by atoms with van der Waals surface area (Å²) in [5.41, 5.74) is 8.90. The fourth-order valence-corrected chi connectivity index (χ4v) is 1.81. The Morgan fingerprint density at radius 3 is 2.74 bits per heavy atom.